The molecule has 2 atom stereocenters. The number of benzene rings is 2. The number of rotatable bonds is 4. The van der Waals surface area contributed by atoms with E-state index in [4.69, 9.17) is 14.7 Å². The van der Waals surface area contributed by atoms with E-state index in [0.29, 0.717) is 6.54 Å². The predicted molar refractivity (Wildman–Crippen MR) is 160 cm³/mol. The third-order valence-corrected chi connectivity index (χ3v) is 7.65. The molecule has 2 aliphatic heterocycles. The van der Waals surface area contributed by atoms with Crippen molar-refractivity contribution >= 4 is 17.1 Å². The maximum atomic E-state index is 12.8. The lowest BCUT2D eigenvalue weighted by molar-refractivity contribution is 0.0219. The van der Waals surface area contributed by atoms with E-state index in [1.165, 1.54) is 0 Å². The molecular weight excluding hydrogens is 526 g/mol. The Bertz CT molecular complexity index is 1700. The molecule has 4 heterocycles. The van der Waals surface area contributed by atoms with Gasteiger partial charge in [0.05, 0.1) is 47.0 Å². The molecule has 9 heteroatoms. The van der Waals surface area contributed by atoms with Gasteiger partial charge in [-0.1, -0.05) is 24.0 Å². The number of fused-ring (bicyclic) bond motifs is 1. The van der Waals surface area contributed by atoms with E-state index in [2.05, 4.69) is 33.2 Å². The molecular formula is C33H35N7O2. The predicted octanol–water partition coefficient (Wildman–Crippen LogP) is 5.92. The molecule has 2 aromatic heterocycles. The Morgan fingerprint density at radius 2 is 1.81 bits per heavy atom. The molecule has 0 spiro atoms. The van der Waals surface area contributed by atoms with Crippen molar-refractivity contribution in [3.05, 3.63) is 70.9 Å². The number of nitriles is 1. The molecule has 2 aliphatic rings. The highest BCUT2D eigenvalue weighted by Gasteiger charge is 2.35. The quantitative estimate of drug-likeness (QED) is 0.266. The molecule has 42 heavy (non-hydrogen) atoms. The van der Waals surface area contributed by atoms with Crippen molar-refractivity contribution < 1.29 is 9.53 Å². The van der Waals surface area contributed by atoms with Crippen molar-refractivity contribution in [2.24, 2.45) is 0 Å². The van der Waals surface area contributed by atoms with Crippen LogP contribution in [-0.2, 0) is 11.2 Å². The van der Waals surface area contributed by atoms with Gasteiger partial charge < -0.3 is 20.0 Å². The number of H-pyrrole nitrogens is 2. The molecule has 6 rings (SSSR count). The van der Waals surface area contributed by atoms with Crippen LogP contribution in [-0.4, -0.2) is 49.6 Å². The summed E-state index contributed by atoms with van der Waals surface area (Å²) in [5.41, 5.74) is 5.58. The van der Waals surface area contributed by atoms with Crippen molar-refractivity contribution in [1.82, 2.24) is 30.2 Å². The van der Waals surface area contributed by atoms with E-state index in [9.17, 15) is 10.1 Å². The van der Waals surface area contributed by atoms with Gasteiger partial charge in [-0.15, -0.1) is 0 Å². The molecule has 9 nitrogen and oxygen atoms in total. The van der Waals surface area contributed by atoms with Crippen LogP contribution in [0.25, 0.3) is 22.3 Å². The Morgan fingerprint density at radius 3 is 2.55 bits per heavy atom. The molecule has 0 radical (unpaired) electrons. The molecule has 1 amide bonds. The van der Waals surface area contributed by atoms with Gasteiger partial charge in [-0.05, 0) is 83.3 Å². The van der Waals surface area contributed by atoms with Gasteiger partial charge in [-0.25, -0.2) is 14.8 Å². The summed E-state index contributed by atoms with van der Waals surface area (Å²) in [5, 5.41) is 12.8. The minimum Gasteiger partial charge on any atom is -0.444 e. The summed E-state index contributed by atoms with van der Waals surface area (Å²) >= 11 is 0. The van der Waals surface area contributed by atoms with E-state index < -0.39 is 5.60 Å². The van der Waals surface area contributed by atoms with Crippen LogP contribution in [0.4, 0.5) is 4.79 Å². The number of hydrogen-bond acceptors (Lipinski definition) is 6. The van der Waals surface area contributed by atoms with Gasteiger partial charge in [0.2, 0.25) is 0 Å². The lowest BCUT2D eigenvalue weighted by atomic mass is 10.1. The van der Waals surface area contributed by atoms with E-state index in [1.54, 1.807) is 4.90 Å². The van der Waals surface area contributed by atoms with E-state index in [1.807, 2.05) is 63.2 Å². The number of hydrogen-bond donors (Lipinski definition) is 3. The first-order valence-electron chi connectivity index (χ1n) is 14.6. The topological polar surface area (TPSA) is 123 Å². The number of carbonyl (C=O) groups is 1. The van der Waals surface area contributed by atoms with Gasteiger partial charge in [-0.2, -0.15) is 5.26 Å². The highest BCUT2D eigenvalue weighted by molar-refractivity contribution is 5.77. The van der Waals surface area contributed by atoms with Crippen LogP contribution in [0.1, 0.15) is 87.0 Å². The average Bonchev–Trinajstić information content (AvgIpc) is 3.76. The zero-order valence-electron chi connectivity index (χ0n) is 24.3. The zero-order valence-corrected chi connectivity index (χ0v) is 24.3. The second kappa shape index (κ2) is 11.3. The van der Waals surface area contributed by atoms with E-state index >= 15 is 0 Å². The fourth-order valence-electron chi connectivity index (χ4n) is 5.67. The normalized spacial score (nSPS) is 18.6. The fourth-order valence-corrected chi connectivity index (χ4v) is 5.67. The number of carbonyl (C=O) groups excluding carboxylic acids is 1. The molecule has 0 aliphatic carbocycles. The summed E-state index contributed by atoms with van der Waals surface area (Å²) in [5.74, 6) is 8.19. The molecule has 2 aromatic carbocycles. The van der Waals surface area contributed by atoms with Crippen LogP contribution >= 0.6 is 0 Å². The number of ether oxygens (including phenoxy) is 1. The van der Waals surface area contributed by atoms with Crippen LogP contribution in [0.5, 0.6) is 0 Å². The van der Waals surface area contributed by atoms with Crippen molar-refractivity contribution in [1.29, 1.82) is 5.26 Å². The molecule has 2 fully saturated rings. The maximum Gasteiger partial charge on any atom is 0.410 e. The second-order valence-electron chi connectivity index (χ2n) is 11.9. The highest BCUT2D eigenvalue weighted by Crippen LogP contribution is 2.33. The number of aromatic amines is 2. The number of imidazole rings is 2. The second-order valence-corrected chi connectivity index (χ2v) is 11.9. The first-order chi connectivity index (χ1) is 20.3. The van der Waals surface area contributed by atoms with Crippen LogP contribution < -0.4 is 5.32 Å². The van der Waals surface area contributed by atoms with Crippen LogP contribution in [0, 0.1) is 23.2 Å². The summed E-state index contributed by atoms with van der Waals surface area (Å²) in [6.07, 6.45) is 3.91. The Labute approximate surface area is 245 Å². The SMILES string of the molecule is CC(C)(C)OC(=O)N1CCC[C@H]1c1nc2ccc(C#Cc3ccc(-c4nc([C@@H]5CCCN5)[nH]c4CC#N)cc3)cc2[nH]1. The minimum atomic E-state index is -0.540. The van der Waals surface area contributed by atoms with Crippen LogP contribution in [0.2, 0.25) is 0 Å². The average molecular weight is 562 g/mol. The monoisotopic (exact) mass is 561 g/mol. The molecule has 0 bridgehead atoms. The van der Waals surface area contributed by atoms with E-state index in [-0.39, 0.29) is 24.6 Å². The van der Waals surface area contributed by atoms with Gasteiger partial charge in [0.25, 0.3) is 0 Å². The fraction of sp³-hybridized carbons (Fsp3) is 0.394. The summed E-state index contributed by atoms with van der Waals surface area (Å²) in [6, 6.07) is 16.2. The Kier molecular flexibility index (Phi) is 7.45. The third-order valence-electron chi connectivity index (χ3n) is 7.65. The largest absolute Gasteiger partial charge is 0.444 e. The third kappa shape index (κ3) is 5.88. The Balaban J connectivity index is 1.18. The Hall–Kier alpha value is -4.60. The number of likely N-dealkylation sites (tertiary alicyclic amines) is 1. The molecule has 4 aromatic rings. The van der Waals surface area contributed by atoms with Gasteiger partial charge >= 0.3 is 6.09 Å². The van der Waals surface area contributed by atoms with E-state index in [0.717, 1.165) is 83.0 Å². The number of nitrogens with one attached hydrogen (secondary N) is 3. The first-order valence-corrected chi connectivity index (χ1v) is 14.6. The van der Waals surface area contributed by atoms with Crippen LogP contribution in [0.3, 0.4) is 0 Å². The number of nitrogens with zero attached hydrogens (tertiary/aromatic N) is 4. The Morgan fingerprint density at radius 1 is 1.02 bits per heavy atom. The standard InChI is InChI=1S/C33H35N7O2/c1-33(2,3)42-32(41)40-19-5-7-28(40)31-36-24-15-12-22(20-27(24)38-31)9-8-21-10-13-23(14-11-21)29-25(16-17-34)37-30(39-29)26-6-4-18-35-26/h10-15,20,26,28,35H,4-7,16,18-19H2,1-3H3,(H,36,38)(H,37,39)/t26-,28-/m0/s1. The number of amides is 1. The summed E-state index contributed by atoms with van der Waals surface area (Å²) in [4.78, 5) is 31.0. The minimum absolute atomic E-state index is 0.131. The maximum absolute atomic E-state index is 12.8. The molecule has 0 unspecified atom stereocenters. The summed E-state index contributed by atoms with van der Waals surface area (Å²) in [7, 11) is 0. The van der Waals surface area contributed by atoms with Crippen LogP contribution in [0.15, 0.2) is 42.5 Å². The van der Waals surface area contributed by atoms with Crippen molar-refractivity contribution in [3.63, 3.8) is 0 Å². The lowest BCUT2D eigenvalue weighted by Crippen LogP contribution is -2.36. The summed E-state index contributed by atoms with van der Waals surface area (Å²) in [6.45, 7) is 7.28. The highest BCUT2D eigenvalue weighted by atomic mass is 16.6. The first kappa shape index (κ1) is 27.6. The molecule has 0 saturated carbocycles. The lowest BCUT2D eigenvalue weighted by Gasteiger charge is -2.27. The smallest absolute Gasteiger partial charge is 0.410 e. The van der Waals surface area contributed by atoms with Gasteiger partial charge in [0.1, 0.15) is 17.2 Å². The van der Waals surface area contributed by atoms with Gasteiger partial charge in [0.15, 0.2) is 0 Å². The summed E-state index contributed by atoms with van der Waals surface area (Å²) < 4.78 is 5.62. The zero-order chi connectivity index (χ0) is 29.3. The molecule has 2 saturated heterocycles. The van der Waals surface area contributed by atoms with Crippen molar-refractivity contribution in [2.45, 2.75) is 70.6 Å². The van der Waals surface area contributed by atoms with Gasteiger partial charge in [-0.3, -0.25) is 4.90 Å². The van der Waals surface area contributed by atoms with Gasteiger partial charge in [0, 0.05) is 23.2 Å². The molecule has 214 valence electrons. The van der Waals surface area contributed by atoms with Crippen molar-refractivity contribution in [2.75, 3.05) is 13.1 Å². The van der Waals surface area contributed by atoms with Crippen molar-refractivity contribution in [3.8, 4) is 29.2 Å². The number of aromatic nitrogens is 4. The molecule has 3 N–H and O–H groups in total.